The number of hydrogen-bond donors (Lipinski definition) is 2. The maximum Gasteiger partial charge on any atom is 0.322 e. The average molecular weight is 269 g/mol. The molecule has 0 bridgehead atoms. The van der Waals surface area contributed by atoms with Crippen molar-refractivity contribution in [1.29, 1.82) is 0 Å². The molecule has 2 N–H and O–H groups in total. The van der Waals surface area contributed by atoms with Crippen LogP contribution in [0.4, 0.5) is 11.9 Å². The SMILES string of the molecule is CCNc1nc(NC(COC)C(C)C)nc(OC)n1. The molecule has 19 heavy (non-hydrogen) atoms. The lowest BCUT2D eigenvalue weighted by molar-refractivity contribution is 0.171. The lowest BCUT2D eigenvalue weighted by atomic mass is 10.1. The molecule has 0 amide bonds. The minimum absolute atomic E-state index is 0.131. The molecule has 1 aromatic heterocycles. The number of nitrogens with one attached hydrogen (secondary N) is 2. The van der Waals surface area contributed by atoms with Crippen LogP contribution in [0.1, 0.15) is 20.8 Å². The largest absolute Gasteiger partial charge is 0.467 e. The molecule has 0 fully saturated rings. The zero-order valence-corrected chi connectivity index (χ0v) is 12.2. The van der Waals surface area contributed by atoms with Crippen LogP contribution < -0.4 is 15.4 Å². The van der Waals surface area contributed by atoms with Gasteiger partial charge in [0.2, 0.25) is 11.9 Å². The summed E-state index contributed by atoms with van der Waals surface area (Å²) in [6, 6.07) is 0.417. The molecule has 0 saturated heterocycles. The molecule has 1 aromatic rings. The summed E-state index contributed by atoms with van der Waals surface area (Å²) in [4.78, 5) is 12.6. The summed E-state index contributed by atoms with van der Waals surface area (Å²) in [6.45, 7) is 7.52. The predicted molar refractivity (Wildman–Crippen MR) is 74.7 cm³/mol. The fourth-order valence-corrected chi connectivity index (χ4v) is 1.50. The van der Waals surface area contributed by atoms with Gasteiger partial charge in [0.15, 0.2) is 0 Å². The number of aromatic nitrogens is 3. The third-order valence-electron chi connectivity index (χ3n) is 2.60. The first-order valence-corrected chi connectivity index (χ1v) is 6.40. The van der Waals surface area contributed by atoms with Crippen LogP contribution in [-0.2, 0) is 4.74 Å². The normalized spacial score (nSPS) is 12.3. The van der Waals surface area contributed by atoms with Crippen LogP contribution in [-0.4, -0.2) is 48.4 Å². The molecule has 0 aliphatic rings. The molecule has 1 atom stereocenters. The van der Waals surface area contributed by atoms with Gasteiger partial charge in [-0.2, -0.15) is 15.0 Å². The van der Waals surface area contributed by atoms with Gasteiger partial charge in [-0.15, -0.1) is 0 Å². The molecule has 0 saturated carbocycles. The number of ether oxygens (including phenoxy) is 2. The van der Waals surface area contributed by atoms with Crippen molar-refractivity contribution in [3.8, 4) is 6.01 Å². The number of anilines is 2. The summed E-state index contributed by atoms with van der Waals surface area (Å²) in [7, 11) is 3.21. The van der Waals surface area contributed by atoms with E-state index in [9.17, 15) is 0 Å². The van der Waals surface area contributed by atoms with Gasteiger partial charge in [-0.3, -0.25) is 0 Å². The fourth-order valence-electron chi connectivity index (χ4n) is 1.50. The van der Waals surface area contributed by atoms with Gasteiger partial charge in [-0.25, -0.2) is 0 Å². The van der Waals surface area contributed by atoms with E-state index < -0.39 is 0 Å². The molecule has 0 aromatic carbocycles. The Hall–Kier alpha value is -1.63. The first-order valence-electron chi connectivity index (χ1n) is 6.40. The van der Waals surface area contributed by atoms with Gasteiger partial charge >= 0.3 is 6.01 Å². The summed E-state index contributed by atoms with van der Waals surface area (Å²) in [6.07, 6.45) is 0. The first-order chi connectivity index (χ1) is 9.10. The smallest absolute Gasteiger partial charge is 0.322 e. The number of rotatable bonds is 8. The summed E-state index contributed by atoms with van der Waals surface area (Å²) in [5.74, 6) is 1.38. The van der Waals surface area contributed by atoms with Crippen molar-refractivity contribution in [1.82, 2.24) is 15.0 Å². The maximum atomic E-state index is 5.19. The third-order valence-corrected chi connectivity index (χ3v) is 2.60. The Labute approximate surface area is 114 Å². The van der Waals surface area contributed by atoms with Gasteiger partial charge in [-0.1, -0.05) is 13.8 Å². The Balaban J connectivity index is 2.88. The van der Waals surface area contributed by atoms with Gasteiger partial charge in [0, 0.05) is 13.7 Å². The Bertz CT molecular complexity index is 386. The number of methoxy groups -OCH3 is 2. The fraction of sp³-hybridized carbons (Fsp3) is 0.750. The second-order valence-corrected chi connectivity index (χ2v) is 4.45. The summed E-state index contributed by atoms with van der Waals surface area (Å²) in [5.41, 5.74) is 0. The van der Waals surface area contributed by atoms with Gasteiger partial charge < -0.3 is 20.1 Å². The molecule has 1 rings (SSSR count). The van der Waals surface area contributed by atoms with Gasteiger partial charge in [0.25, 0.3) is 0 Å². The van der Waals surface area contributed by atoms with Crippen LogP contribution in [0.3, 0.4) is 0 Å². The van der Waals surface area contributed by atoms with E-state index >= 15 is 0 Å². The van der Waals surface area contributed by atoms with Crippen LogP contribution in [0.2, 0.25) is 0 Å². The molecular weight excluding hydrogens is 246 g/mol. The topological polar surface area (TPSA) is 81.2 Å². The highest BCUT2D eigenvalue weighted by Crippen LogP contribution is 2.14. The van der Waals surface area contributed by atoms with Crippen molar-refractivity contribution in [2.45, 2.75) is 26.8 Å². The highest BCUT2D eigenvalue weighted by atomic mass is 16.5. The second-order valence-electron chi connectivity index (χ2n) is 4.45. The van der Waals surface area contributed by atoms with Gasteiger partial charge in [0.1, 0.15) is 0 Å². The van der Waals surface area contributed by atoms with Crippen molar-refractivity contribution in [2.75, 3.05) is 38.0 Å². The van der Waals surface area contributed by atoms with E-state index in [4.69, 9.17) is 9.47 Å². The van der Waals surface area contributed by atoms with Crippen molar-refractivity contribution in [3.63, 3.8) is 0 Å². The minimum Gasteiger partial charge on any atom is -0.467 e. The molecule has 1 heterocycles. The van der Waals surface area contributed by atoms with E-state index in [1.807, 2.05) is 6.92 Å². The lowest BCUT2D eigenvalue weighted by Gasteiger charge is -2.21. The first kappa shape index (κ1) is 15.4. The summed E-state index contributed by atoms with van der Waals surface area (Å²) in [5, 5.41) is 6.29. The zero-order chi connectivity index (χ0) is 14.3. The second kappa shape index (κ2) is 7.73. The molecule has 0 aliphatic carbocycles. The number of nitrogens with zero attached hydrogens (tertiary/aromatic N) is 3. The van der Waals surface area contributed by atoms with E-state index in [1.165, 1.54) is 7.11 Å². The van der Waals surface area contributed by atoms with Crippen molar-refractivity contribution >= 4 is 11.9 Å². The Morgan fingerprint density at radius 1 is 1.11 bits per heavy atom. The van der Waals surface area contributed by atoms with Crippen LogP contribution in [0.5, 0.6) is 6.01 Å². The molecule has 0 spiro atoms. The molecular formula is C12H23N5O2. The van der Waals surface area contributed by atoms with E-state index in [-0.39, 0.29) is 12.1 Å². The molecule has 0 radical (unpaired) electrons. The van der Waals surface area contributed by atoms with Crippen molar-refractivity contribution in [2.24, 2.45) is 5.92 Å². The molecule has 7 nitrogen and oxygen atoms in total. The third kappa shape index (κ3) is 4.86. The van der Waals surface area contributed by atoms with E-state index in [0.29, 0.717) is 24.4 Å². The van der Waals surface area contributed by atoms with Gasteiger partial charge in [-0.05, 0) is 12.8 Å². The molecule has 7 heteroatoms. The van der Waals surface area contributed by atoms with Crippen LogP contribution in [0.15, 0.2) is 0 Å². The highest BCUT2D eigenvalue weighted by Gasteiger charge is 2.15. The summed E-state index contributed by atoms with van der Waals surface area (Å²) >= 11 is 0. The Morgan fingerprint density at radius 3 is 2.32 bits per heavy atom. The number of hydrogen-bond acceptors (Lipinski definition) is 7. The maximum absolute atomic E-state index is 5.19. The average Bonchev–Trinajstić information content (AvgIpc) is 2.38. The highest BCUT2D eigenvalue weighted by molar-refractivity contribution is 5.36. The predicted octanol–water partition coefficient (Wildman–Crippen LogP) is 1.39. The van der Waals surface area contributed by atoms with Crippen molar-refractivity contribution in [3.05, 3.63) is 0 Å². The summed E-state index contributed by atoms with van der Waals surface area (Å²) < 4.78 is 10.3. The van der Waals surface area contributed by atoms with Crippen LogP contribution >= 0.6 is 0 Å². The van der Waals surface area contributed by atoms with Crippen LogP contribution in [0, 0.1) is 5.92 Å². The van der Waals surface area contributed by atoms with Gasteiger partial charge in [0.05, 0.1) is 19.8 Å². The Morgan fingerprint density at radius 2 is 1.79 bits per heavy atom. The zero-order valence-electron chi connectivity index (χ0n) is 12.2. The quantitative estimate of drug-likeness (QED) is 0.738. The van der Waals surface area contributed by atoms with Crippen LogP contribution in [0.25, 0.3) is 0 Å². The van der Waals surface area contributed by atoms with E-state index in [2.05, 4.69) is 39.4 Å². The molecule has 0 aliphatic heterocycles. The Kier molecular flexibility index (Phi) is 6.27. The standard InChI is InChI=1S/C12H23N5O2/c1-6-13-10-15-11(17-12(16-10)19-5)14-9(7-18-4)8(2)3/h8-9H,6-7H2,1-5H3,(H2,13,14,15,16,17). The molecule has 108 valence electrons. The van der Waals surface area contributed by atoms with Crippen molar-refractivity contribution < 1.29 is 9.47 Å². The minimum atomic E-state index is 0.131. The monoisotopic (exact) mass is 269 g/mol. The lowest BCUT2D eigenvalue weighted by Crippen LogP contribution is -2.31. The molecule has 1 unspecified atom stereocenters. The van der Waals surface area contributed by atoms with E-state index in [1.54, 1.807) is 7.11 Å². The van der Waals surface area contributed by atoms with E-state index in [0.717, 1.165) is 6.54 Å².